The minimum absolute atomic E-state index is 0.0409. The average molecular weight is 332 g/mol. The van der Waals surface area contributed by atoms with Crippen molar-refractivity contribution in [1.29, 1.82) is 0 Å². The molecule has 1 aliphatic rings. The number of rotatable bonds is 6. The van der Waals surface area contributed by atoms with Crippen molar-refractivity contribution in [2.75, 3.05) is 36.4 Å². The molecule has 21 heavy (non-hydrogen) atoms. The lowest BCUT2D eigenvalue weighted by atomic mass is 10.1. The summed E-state index contributed by atoms with van der Waals surface area (Å²) >= 11 is 1.14. The van der Waals surface area contributed by atoms with Crippen LogP contribution in [0.2, 0.25) is 0 Å². The number of likely N-dealkylation sites (tertiary alicyclic amines) is 1. The largest absolute Gasteiger partial charge is 0.382 e. The molecular weight excluding hydrogens is 308 g/mol. The molecule has 0 saturated carbocycles. The van der Waals surface area contributed by atoms with Crippen molar-refractivity contribution in [2.24, 2.45) is 0 Å². The first-order valence-electron chi connectivity index (χ1n) is 7.44. The first-order valence-corrected chi connectivity index (χ1v) is 9.87. The Balaban J connectivity index is 2.05. The molecule has 0 radical (unpaired) electrons. The van der Waals surface area contributed by atoms with E-state index in [2.05, 4.69) is 21.5 Å². The summed E-state index contributed by atoms with van der Waals surface area (Å²) in [5.41, 5.74) is 5.74. The third-order valence-electron chi connectivity index (χ3n) is 3.83. The summed E-state index contributed by atoms with van der Waals surface area (Å²) in [6.45, 7) is 7.05. The first kappa shape index (κ1) is 16.5. The molecule has 0 unspecified atom stereocenters. The maximum Gasteiger partial charge on any atom is 0.184 e. The van der Waals surface area contributed by atoms with E-state index in [0.29, 0.717) is 11.0 Å². The molecular formula is C13H24N4O2S2. The minimum atomic E-state index is -3.34. The van der Waals surface area contributed by atoms with E-state index in [9.17, 15) is 8.42 Å². The van der Waals surface area contributed by atoms with E-state index in [0.717, 1.165) is 44.0 Å². The van der Waals surface area contributed by atoms with Crippen LogP contribution in [0.5, 0.6) is 0 Å². The third kappa shape index (κ3) is 3.87. The van der Waals surface area contributed by atoms with Gasteiger partial charge in [-0.2, -0.15) is 4.37 Å². The zero-order valence-electron chi connectivity index (χ0n) is 12.6. The fourth-order valence-corrected chi connectivity index (χ4v) is 4.87. The maximum atomic E-state index is 12.1. The number of aromatic nitrogens is 1. The lowest BCUT2D eigenvalue weighted by molar-refractivity contribution is 0.219. The Labute approximate surface area is 130 Å². The Bertz CT molecular complexity index is 563. The van der Waals surface area contributed by atoms with Gasteiger partial charge in [0.25, 0.3) is 0 Å². The molecule has 0 spiro atoms. The highest BCUT2D eigenvalue weighted by Crippen LogP contribution is 2.33. The highest BCUT2D eigenvalue weighted by molar-refractivity contribution is 7.91. The van der Waals surface area contributed by atoms with Gasteiger partial charge in [0.05, 0.1) is 5.75 Å². The minimum Gasteiger partial charge on any atom is -0.382 e. The highest BCUT2D eigenvalue weighted by Gasteiger charge is 2.26. The lowest BCUT2D eigenvalue weighted by Gasteiger charge is -2.32. The SMILES string of the molecule is CCCN1CCC(Nc2snc(N)c2S(=O)(=O)CC)CC1. The van der Waals surface area contributed by atoms with Gasteiger partial charge in [0.15, 0.2) is 15.7 Å². The van der Waals surface area contributed by atoms with Gasteiger partial charge in [-0.25, -0.2) is 8.42 Å². The molecule has 0 bridgehead atoms. The number of nitrogen functional groups attached to an aromatic ring is 1. The maximum absolute atomic E-state index is 12.1. The molecule has 8 heteroatoms. The molecule has 120 valence electrons. The number of anilines is 2. The van der Waals surface area contributed by atoms with Crippen LogP contribution in [0.25, 0.3) is 0 Å². The zero-order chi connectivity index (χ0) is 15.5. The Morgan fingerprint density at radius 3 is 2.62 bits per heavy atom. The smallest absolute Gasteiger partial charge is 0.184 e. The summed E-state index contributed by atoms with van der Waals surface area (Å²) in [6, 6.07) is 0.295. The number of sulfone groups is 1. The topological polar surface area (TPSA) is 88.3 Å². The summed E-state index contributed by atoms with van der Waals surface area (Å²) in [5, 5.41) is 3.94. The van der Waals surface area contributed by atoms with E-state index in [1.165, 1.54) is 6.42 Å². The zero-order valence-corrected chi connectivity index (χ0v) is 14.3. The van der Waals surface area contributed by atoms with Crippen molar-refractivity contribution in [2.45, 2.75) is 44.0 Å². The van der Waals surface area contributed by atoms with Gasteiger partial charge in [0, 0.05) is 19.1 Å². The van der Waals surface area contributed by atoms with Gasteiger partial charge in [0.1, 0.15) is 9.90 Å². The molecule has 3 N–H and O–H groups in total. The molecule has 0 aromatic carbocycles. The fraction of sp³-hybridized carbons (Fsp3) is 0.769. The van der Waals surface area contributed by atoms with Crippen molar-refractivity contribution in [3.05, 3.63) is 0 Å². The number of hydrogen-bond acceptors (Lipinski definition) is 7. The van der Waals surface area contributed by atoms with E-state index >= 15 is 0 Å². The second-order valence-electron chi connectivity index (χ2n) is 5.39. The molecule has 2 rings (SSSR count). The van der Waals surface area contributed by atoms with E-state index in [1.807, 2.05) is 0 Å². The van der Waals surface area contributed by atoms with Crippen molar-refractivity contribution >= 4 is 32.2 Å². The standard InChI is InChI=1S/C13H24N4O2S2/c1-3-7-17-8-5-10(6-9-17)15-13-11(12(14)16-20-13)21(18,19)4-2/h10,15H,3-9H2,1-2H3,(H2,14,16). The molecule has 1 fully saturated rings. The van der Waals surface area contributed by atoms with Crippen molar-refractivity contribution in [1.82, 2.24) is 9.27 Å². The van der Waals surface area contributed by atoms with Gasteiger partial charge in [0.2, 0.25) is 0 Å². The van der Waals surface area contributed by atoms with Crippen LogP contribution in [0.3, 0.4) is 0 Å². The molecule has 2 heterocycles. The summed E-state index contributed by atoms with van der Waals surface area (Å²) < 4.78 is 28.3. The molecule has 0 amide bonds. The van der Waals surface area contributed by atoms with Crippen LogP contribution in [0.1, 0.15) is 33.1 Å². The van der Waals surface area contributed by atoms with E-state index < -0.39 is 9.84 Å². The van der Waals surface area contributed by atoms with Crippen LogP contribution in [-0.2, 0) is 9.84 Å². The Morgan fingerprint density at radius 1 is 1.38 bits per heavy atom. The molecule has 0 atom stereocenters. The van der Waals surface area contributed by atoms with Crippen LogP contribution in [-0.4, -0.2) is 49.1 Å². The number of piperidine rings is 1. The van der Waals surface area contributed by atoms with Gasteiger partial charge in [-0.3, -0.25) is 0 Å². The van der Waals surface area contributed by atoms with Gasteiger partial charge < -0.3 is 16.0 Å². The fourth-order valence-electron chi connectivity index (χ4n) is 2.63. The predicted molar refractivity (Wildman–Crippen MR) is 87.6 cm³/mol. The van der Waals surface area contributed by atoms with Crippen LogP contribution < -0.4 is 11.1 Å². The normalized spacial score (nSPS) is 18.0. The van der Waals surface area contributed by atoms with Gasteiger partial charge in [-0.05, 0) is 37.3 Å². The van der Waals surface area contributed by atoms with Crippen molar-refractivity contribution in [3.63, 3.8) is 0 Å². The number of hydrogen-bond donors (Lipinski definition) is 2. The quantitative estimate of drug-likeness (QED) is 0.826. The summed E-state index contributed by atoms with van der Waals surface area (Å²) in [6.07, 6.45) is 3.20. The van der Waals surface area contributed by atoms with Gasteiger partial charge in [-0.15, -0.1) is 0 Å². The Kier molecular flexibility index (Phi) is 5.45. The second kappa shape index (κ2) is 6.93. The van der Waals surface area contributed by atoms with Gasteiger partial charge in [-0.1, -0.05) is 13.8 Å². The predicted octanol–water partition coefficient (Wildman–Crippen LogP) is 1.81. The second-order valence-corrected chi connectivity index (χ2v) is 8.38. The molecule has 1 aliphatic heterocycles. The molecule has 1 saturated heterocycles. The number of nitrogens with one attached hydrogen (secondary N) is 1. The Hall–Kier alpha value is -0.860. The van der Waals surface area contributed by atoms with Crippen LogP contribution in [0.4, 0.5) is 10.8 Å². The highest BCUT2D eigenvalue weighted by atomic mass is 32.2. The van der Waals surface area contributed by atoms with E-state index in [-0.39, 0.29) is 16.5 Å². The monoisotopic (exact) mass is 332 g/mol. The first-order chi connectivity index (χ1) is 9.97. The van der Waals surface area contributed by atoms with Crippen LogP contribution in [0.15, 0.2) is 4.90 Å². The van der Waals surface area contributed by atoms with Crippen LogP contribution in [0, 0.1) is 0 Å². The third-order valence-corrected chi connectivity index (χ3v) is 6.54. The summed E-state index contributed by atoms with van der Waals surface area (Å²) in [4.78, 5) is 2.63. The number of nitrogens with two attached hydrogens (primary N) is 1. The van der Waals surface area contributed by atoms with E-state index in [4.69, 9.17) is 5.73 Å². The van der Waals surface area contributed by atoms with Crippen LogP contribution >= 0.6 is 11.5 Å². The molecule has 1 aromatic heterocycles. The van der Waals surface area contributed by atoms with Crippen molar-refractivity contribution in [3.8, 4) is 0 Å². The number of nitrogens with zero attached hydrogens (tertiary/aromatic N) is 2. The Morgan fingerprint density at radius 2 is 2.05 bits per heavy atom. The summed E-state index contributed by atoms with van der Waals surface area (Å²) in [5.74, 6) is 0.159. The van der Waals surface area contributed by atoms with Gasteiger partial charge >= 0.3 is 0 Å². The molecule has 0 aliphatic carbocycles. The average Bonchev–Trinajstić information content (AvgIpc) is 2.83. The lowest BCUT2D eigenvalue weighted by Crippen LogP contribution is -2.39. The summed E-state index contributed by atoms with van der Waals surface area (Å²) in [7, 11) is -3.34. The molecule has 1 aromatic rings. The van der Waals surface area contributed by atoms with E-state index in [1.54, 1.807) is 6.92 Å². The van der Waals surface area contributed by atoms with Crippen molar-refractivity contribution < 1.29 is 8.42 Å². The molecule has 6 nitrogen and oxygen atoms in total.